The molecule has 1 saturated heterocycles. The van der Waals surface area contributed by atoms with E-state index in [1.165, 1.54) is 16.7 Å². The molecule has 0 radical (unpaired) electrons. The Morgan fingerprint density at radius 3 is 2.29 bits per heavy atom. The van der Waals surface area contributed by atoms with Gasteiger partial charge >= 0.3 is 0 Å². The minimum absolute atomic E-state index is 0.0815. The topological polar surface area (TPSA) is 97.4 Å². The Morgan fingerprint density at radius 1 is 0.912 bits per heavy atom. The lowest BCUT2D eigenvalue weighted by Crippen LogP contribution is -2.31. The number of carbonyl (C=O) groups is 2. The largest absolute Gasteiger partial charge is 0.497 e. The Bertz CT molecular complexity index is 1310. The zero-order valence-electron chi connectivity index (χ0n) is 18.2. The number of methoxy groups -OCH3 is 1. The number of ether oxygens (including phenoxy) is 2. The third-order valence-corrected chi connectivity index (χ3v) is 6.30. The highest BCUT2D eigenvalue weighted by atomic mass is 32.2. The highest BCUT2D eigenvalue weighted by Crippen LogP contribution is 2.34. The molecule has 1 aromatic heterocycles. The van der Waals surface area contributed by atoms with Gasteiger partial charge in [0.1, 0.15) is 22.5 Å². The van der Waals surface area contributed by atoms with Gasteiger partial charge in [-0.25, -0.2) is 9.88 Å². The summed E-state index contributed by atoms with van der Waals surface area (Å²) < 4.78 is 11.0. The van der Waals surface area contributed by atoms with Crippen LogP contribution >= 0.6 is 11.8 Å². The number of hydrogen-bond donors (Lipinski definition) is 1. The molecule has 170 valence electrons. The van der Waals surface area contributed by atoms with Gasteiger partial charge in [0.05, 0.1) is 12.8 Å². The molecule has 0 spiro atoms. The molecule has 1 N–H and O–H groups in total. The van der Waals surface area contributed by atoms with Crippen LogP contribution < -0.4 is 14.4 Å². The van der Waals surface area contributed by atoms with Crippen LogP contribution in [0.3, 0.4) is 0 Å². The van der Waals surface area contributed by atoms with Crippen LogP contribution in [0.4, 0.5) is 5.69 Å². The van der Waals surface area contributed by atoms with Crippen molar-refractivity contribution in [2.75, 3.05) is 12.0 Å². The predicted octanol–water partition coefficient (Wildman–Crippen LogP) is 4.70. The van der Waals surface area contributed by atoms with E-state index in [0.717, 1.165) is 11.3 Å². The van der Waals surface area contributed by atoms with Gasteiger partial charge in [0.2, 0.25) is 17.0 Å². The molecule has 9 heteroatoms. The second-order valence-corrected chi connectivity index (χ2v) is 8.65. The number of imide groups is 1. The number of rotatable bonds is 7. The Kier molecular flexibility index (Phi) is 6.01. The first-order chi connectivity index (χ1) is 16.6. The molecule has 1 fully saturated rings. The molecule has 34 heavy (non-hydrogen) atoms. The number of hydrogen-bond acceptors (Lipinski definition) is 7. The molecule has 2 heterocycles. The van der Waals surface area contributed by atoms with Crippen LogP contribution in [0.25, 0.3) is 11.4 Å². The molecule has 1 aliphatic rings. The van der Waals surface area contributed by atoms with Crippen LogP contribution in [0.15, 0.2) is 84.0 Å². The smallest absolute Gasteiger partial charge is 0.247 e. The summed E-state index contributed by atoms with van der Waals surface area (Å²) in [4.78, 5) is 31.3. The molecule has 2 amide bonds. The Balaban J connectivity index is 1.26. The van der Waals surface area contributed by atoms with Crippen molar-refractivity contribution < 1.29 is 19.1 Å². The minimum Gasteiger partial charge on any atom is -0.497 e. The van der Waals surface area contributed by atoms with Gasteiger partial charge in [0.25, 0.3) is 0 Å². The molecular formula is C25H20N4O4S. The number of nitrogens with one attached hydrogen (secondary N) is 1. The minimum atomic E-state index is -0.590. The summed E-state index contributed by atoms with van der Waals surface area (Å²) in [6, 6.07) is 23.7. The maximum atomic E-state index is 13.0. The number of nitrogens with zero attached hydrogens (tertiary/aromatic N) is 3. The van der Waals surface area contributed by atoms with Gasteiger partial charge in [-0.05, 0) is 60.7 Å². The third-order valence-electron chi connectivity index (χ3n) is 5.26. The van der Waals surface area contributed by atoms with E-state index in [4.69, 9.17) is 9.47 Å². The number of amides is 2. The summed E-state index contributed by atoms with van der Waals surface area (Å²) in [5.41, 5.74) is 1.35. The molecule has 4 aromatic rings. The van der Waals surface area contributed by atoms with Crippen molar-refractivity contribution in [2.45, 2.75) is 16.8 Å². The molecule has 0 unspecified atom stereocenters. The van der Waals surface area contributed by atoms with Crippen molar-refractivity contribution in [1.82, 2.24) is 15.2 Å². The van der Waals surface area contributed by atoms with Crippen molar-refractivity contribution in [3.05, 3.63) is 78.9 Å². The van der Waals surface area contributed by atoms with E-state index >= 15 is 0 Å². The van der Waals surface area contributed by atoms with Crippen LogP contribution in [-0.4, -0.2) is 39.4 Å². The van der Waals surface area contributed by atoms with Crippen LogP contribution in [0, 0.1) is 0 Å². The quantitative estimate of drug-likeness (QED) is 0.390. The van der Waals surface area contributed by atoms with E-state index in [2.05, 4.69) is 15.2 Å². The third kappa shape index (κ3) is 4.51. The number of H-pyrrole nitrogens is 1. The number of anilines is 1. The zero-order valence-corrected chi connectivity index (χ0v) is 19.0. The molecule has 1 atom stereocenters. The normalized spacial score (nSPS) is 15.6. The predicted molar refractivity (Wildman–Crippen MR) is 128 cm³/mol. The van der Waals surface area contributed by atoms with Gasteiger partial charge in [0.15, 0.2) is 5.82 Å². The summed E-state index contributed by atoms with van der Waals surface area (Å²) in [5.74, 6) is 2.10. The SMILES string of the molecule is COc1ccc(-c2nc(S[C@@H]3CC(=O)N(c4ccc(Oc5ccccc5)cc4)C3=O)n[nH]2)cc1. The maximum absolute atomic E-state index is 13.0. The molecule has 8 nitrogen and oxygen atoms in total. The lowest BCUT2D eigenvalue weighted by atomic mass is 10.2. The van der Waals surface area contributed by atoms with Gasteiger partial charge in [-0.2, -0.15) is 0 Å². The average molecular weight is 473 g/mol. The molecule has 0 bridgehead atoms. The molecule has 0 saturated carbocycles. The summed E-state index contributed by atoms with van der Waals surface area (Å²) >= 11 is 1.17. The zero-order chi connectivity index (χ0) is 23.5. The molecule has 3 aromatic carbocycles. The molecular weight excluding hydrogens is 452 g/mol. The Labute approximate surface area is 199 Å². The number of benzene rings is 3. The summed E-state index contributed by atoms with van der Waals surface area (Å²) in [5, 5.41) is 6.90. The van der Waals surface area contributed by atoms with Gasteiger partial charge in [0, 0.05) is 12.0 Å². The van der Waals surface area contributed by atoms with Crippen molar-refractivity contribution in [2.24, 2.45) is 0 Å². The van der Waals surface area contributed by atoms with Crippen molar-refractivity contribution >= 4 is 29.3 Å². The van der Waals surface area contributed by atoms with Gasteiger partial charge in [-0.15, -0.1) is 5.10 Å². The second kappa shape index (κ2) is 9.40. The van der Waals surface area contributed by atoms with Crippen molar-refractivity contribution in [3.63, 3.8) is 0 Å². The van der Waals surface area contributed by atoms with E-state index < -0.39 is 5.25 Å². The van der Waals surface area contributed by atoms with Gasteiger partial charge < -0.3 is 9.47 Å². The van der Waals surface area contributed by atoms with Crippen LogP contribution in [0.5, 0.6) is 17.2 Å². The summed E-state index contributed by atoms with van der Waals surface area (Å²) in [6.45, 7) is 0. The number of thioether (sulfide) groups is 1. The monoisotopic (exact) mass is 472 g/mol. The Morgan fingerprint density at radius 2 is 1.59 bits per heavy atom. The average Bonchev–Trinajstić information content (AvgIpc) is 3.44. The fourth-order valence-corrected chi connectivity index (χ4v) is 4.49. The van der Waals surface area contributed by atoms with Gasteiger partial charge in [-0.3, -0.25) is 14.7 Å². The first-order valence-corrected chi connectivity index (χ1v) is 11.4. The highest BCUT2D eigenvalue weighted by molar-refractivity contribution is 8.00. The van der Waals surface area contributed by atoms with E-state index in [-0.39, 0.29) is 18.2 Å². The lowest BCUT2D eigenvalue weighted by Gasteiger charge is -2.15. The molecule has 1 aliphatic heterocycles. The summed E-state index contributed by atoms with van der Waals surface area (Å²) in [7, 11) is 1.61. The van der Waals surface area contributed by atoms with E-state index in [1.54, 1.807) is 31.4 Å². The standard InChI is InChI=1S/C25H20N4O4S/c1-32-18-11-7-16(8-12-18)23-26-25(28-27-23)34-21-15-22(30)29(24(21)31)17-9-13-20(14-10-17)33-19-5-3-2-4-6-19/h2-14,21H,15H2,1H3,(H,26,27,28)/t21-/m1/s1. The Hall–Kier alpha value is -4.11. The number of aromatic nitrogens is 3. The van der Waals surface area contributed by atoms with Crippen LogP contribution in [0.1, 0.15) is 6.42 Å². The first kappa shape index (κ1) is 21.7. The first-order valence-electron chi connectivity index (χ1n) is 10.5. The fourth-order valence-electron chi connectivity index (χ4n) is 3.56. The van der Waals surface area contributed by atoms with Crippen LogP contribution in [-0.2, 0) is 9.59 Å². The van der Waals surface area contributed by atoms with Crippen molar-refractivity contribution in [3.8, 4) is 28.6 Å². The highest BCUT2D eigenvalue weighted by Gasteiger charge is 2.40. The van der Waals surface area contributed by atoms with E-state index in [9.17, 15) is 9.59 Å². The number of aromatic amines is 1. The molecule has 0 aliphatic carbocycles. The summed E-state index contributed by atoms with van der Waals surface area (Å²) in [6.07, 6.45) is 0.0815. The van der Waals surface area contributed by atoms with Gasteiger partial charge in [-0.1, -0.05) is 30.0 Å². The lowest BCUT2D eigenvalue weighted by molar-refractivity contribution is -0.121. The fraction of sp³-hybridized carbons (Fsp3) is 0.120. The maximum Gasteiger partial charge on any atom is 0.247 e. The van der Waals surface area contributed by atoms with E-state index in [0.29, 0.717) is 28.2 Å². The van der Waals surface area contributed by atoms with Crippen molar-refractivity contribution in [1.29, 1.82) is 0 Å². The molecule has 5 rings (SSSR count). The second-order valence-electron chi connectivity index (χ2n) is 7.48. The van der Waals surface area contributed by atoms with Crippen LogP contribution in [0.2, 0.25) is 0 Å². The number of carbonyl (C=O) groups excluding carboxylic acids is 2. The number of para-hydroxylation sites is 1. The van der Waals surface area contributed by atoms with E-state index in [1.807, 2.05) is 54.6 Å².